The van der Waals surface area contributed by atoms with Crippen molar-refractivity contribution in [2.24, 2.45) is 0 Å². The summed E-state index contributed by atoms with van der Waals surface area (Å²) in [6.45, 7) is 0. The molecule has 0 aliphatic rings. The number of anilines is 1. The highest BCUT2D eigenvalue weighted by atomic mass is 35.5. The van der Waals surface area contributed by atoms with Crippen molar-refractivity contribution in [1.29, 1.82) is 0 Å². The molecule has 1 aromatic heterocycles. The highest BCUT2D eigenvalue weighted by molar-refractivity contribution is 6.35. The first kappa shape index (κ1) is 14.6. The Bertz CT molecular complexity index is 841. The number of hydrogen-bond donors (Lipinski definition) is 1. The van der Waals surface area contributed by atoms with Crippen LogP contribution in [0.25, 0.3) is 5.69 Å². The molecule has 0 aliphatic carbocycles. The van der Waals surface area contributed by atoms with Gasteiger partial charge in [-0.3, -0.25) is 4.79 Å². The molecule has 0 aliphatic heterocycles. The predicted octanol–water partition coefficient (Wildman–Crippen LogP) is 3.99. The zero-order valence-corrected chi connectivity index (χ0v) is 12.8. The van der Waals surface area contributed by atoms with Crippen LogP contribution in [0.15, 0.2) is 54.7 Å². The standard InChI is InChI=1S/C16H11Cl2N3O/c17-10-5-7-11(8-6-10)21-16(19)13(9-20-21)15(22)12-3-1-2-4-14(12)18/h1-9H,19H2. The number of benzene rings is 2. The molecule has 110 valence electrons. The number of nitrogen functional groups attached to an aromatic ring is 1. The second-order valence-corrected chi connectivity index (χ2v) is 5.48. The molecule has 0 atom stereocenters. The smallest absolute Gasteiger partial charge is 0.199 e. The molecular formula is C16H11Cl2N3O. The van der Waals surface area contributed by atoms with E-state index in [0.717, 1.165) is 5.69 Å². The molecule has 0 bridgehead atoms. The predicted molar refractivity (Wildman–Crippen MR) is 87.9 cm³/mol. The molecule has 22 heavy (non-hydrogen) atoms. The summed E-state index contributed by atoms with van der Waals surface area (Å²) in [6.07, 6.45) is 1.44. The van der Waals surface area contributed by atoms with Gasteiger partial charge in [-0.25, -0.2) is 4.68 Å². The normalized spacial score (nSPS) is 10.6. The number of aromatic nitrogens is 2. The van der Waals surface area contributed by atoms with Crippen LogP contribution in [0, 0.1) is 0 Å². The van der Waals surface area contributed by atoms with Gasteiger partial charge in [-0.15, -0.1) is 0 Å². The Morgan fingerprint density at radius 3 is 2.36 bits per heavy atom. The van der Waals surface area contributed by atoms with E-state index in [2.05, 4.69) is 5.10 Å². The van der Waals surface area contributed by atoms with Crippen molar-refractivity contribution < 1.29 is 4.79 Å². The minimum atomic E-state index is -0.261. The summed E-state index contributed by atoms with van der Waals surface area (Å²) < 4.78 is 1.49. The molecule has 0 spiro atoms. The highest BCUT2D eigenvalue weighted by Crippen LogP contribution is 2.24. The van der Waals surface area contributed by atoms with Crippen LogP contribution in [-0.2, 0) is 0 Å². The van der Waals surface area contributed by atoms with Crippen LogP contribution < -0.4 is 5.73 Å². The lowest BCUT2D eigenvalue weighted by Crippen LogP contribution is -2.07. The van der Waals surface area contributed by atoms with Gasteiger partial charge in [0.05, 0.1) is 22.5 Å². The van der Waals surface area contributed by atoms with E-state index < -0.39 is 0 Å². The minimum Gasteiger partial charge on any atom is -0.383 e. The molecule has 3 aromatic rings. The lowest BCUT2D eigenvalue weighted by Gasteiger charge is -2.06. The number of hydrogen-bond acceptors (Lipinski definition) is 3. The Hall–Kier alpha value is -2.30. The van der Waals surface area contributed by atoms with Gasteiger partial charge in [-0.1, -0.05) is 35.3 Å². The maximum atomic E-state index is 12.5. The molecule has 4 nitrogen and oxygen atoms in total. The van der Waals surface area contributed by atoms with E-state index in [0.29, 0.717) is 21.2 Å². The SMILES string of the molecule is Nc1c(C(=O)c2ccccc2Cl)cnn1-c1ccc(Cl)cc1. The Labute approximate surface area is 137 Å². The zero-order chi connectivity index (χ0) is 15.7. The van der Waals surface area contributed by atoms with Gasteiger partial charge in [0.1, 0.15) is 5.82 Å². The van der Waals surface area contributed by atoms with Gasteiger partial charge in [0.15, 0.2) is 5.78 Å². The van der Waals surface area contributed by atoms with Gasteiger partial charge in [-0.05, 0) is 36.4 Å². The van der Waals surface area contributed by atoms with Crippen molar-refractivity contribution in [3.05, 3.63) is 75.9 Å². The summed E-state index contributed by atoms with van der Waals surface area (Å²) in [6, 6.07) is 13.8. The third kappa shape index (κ3) is 2.58. The van der Waals surface area contributed by atoms with Crippen molar-refractivity contribution in [2.75, 3.05) is 5.73 Å². The van der Waals surface area contributed by atoms with Crippen LogP contribution >= 0.6 is 23.2 Å². The first-order valence-corrected chi connectivity index (χ1v) is 7.22. The number of nitrogens with zero attached hydrogens (tertiary/aromatic N) is 2. The largest absolute Gasteiger partial charge is 0.383 e. The summed E-state index contributed by atoms with van der Waals surface area (Å²) in [4.78, 5) is 12.5. The molecule has 3 rings (SSSR count). The van der Waals surface area contributed by atoms with Gasteiger partial charge >= 0.3 is 0 Å². The fourth-order valence-corrected chi connectivity index (χ4v) is 2.46. The fraction of sp³-hybridized carbons (Fsp3) is 0. The van der Waals surface area contributed by atoms with Crippen LogP contribution in [0.3, 0.4) is 0 Å². The second kappa shape index (κ2) is 5.83. The quantitative estimate of drug-likeness (QED) is 0.738. The summed E-state index contributed by atoms with van der Waals surface area (Å²) >= 11 is 11.9. The maximum absolute atomic E-state index is 12.5. The Balaban J connectivity index is 2.02. The van der Waals surface area contributed by atoms with Crippen LogP contribution in [0.4, 0.5) is 5.82 Å². The minimum absolute atomic E-state index is 0.257. The Morgan fingerprint density at radius 2 is 1.68 bits per heavy atom. The van der Waals surface area contributed by atoms with Gasteiger partial charge in [0.25, 0.3) is 0 Å². The van der Waals surface area contributed by atoms with E-state index in [1.165, 1.54) is 10.9 Å². The molecule has 0 saturated carbocycles. The number of halogens is 2. The zero-order valence-electron chi connectivity index (χ0n) is 11.3. The summed E-state index contributed by atoms with van der Waals surface area (Å²) in [5.74, 6) is -0.00412. The molecule has 6 heteroatoms. The first-order chi connectivity index (χ1) is 10.6. The van der Waals surface area contributed by atoms with E-state index in [1.807, 2.05) is 0 Å². The van der Waals surface area contributed by atoms with Crippen molar-refractivity contribution in [2.45, 2.75) is 0 Å². The van der Waals surface area contributed by atoms with Gasteiger partial charge in [-0.2, -0.15) is 5.10 Å². The highest BCUT2D eigenvalue weighted by Gasteiger charge is 2.19. The van der Waals surface area contributed by atoms with E-state index in [4.69, 9.17) is 28.9 Å². The lowest BCUT2D eigenvalue weighted by molar-refractivity contribution is 0.103. The van der Waals surface area contributed by atoms with Crippen molar-refractivity contribution in [3.63, 3.8) is 0 Å². The Morgan fingerprint density at radius 1 is 1.00 bits per heavy atom. The molecule has 0 amide bonds. The summed E-state index contributed by atoms with van der Waals surface area (Å²) in [7, 11) is 0. The number of nitrogens with two attached hydrogens (primary N) is 1. The van der Waals surface area contributed by atoms with E-state index in [9.17, 15) is 4.79 Å². The van der Waals surface area contributed by atoms with Crippen molar-refractivity contribution in [1.82, 2.24) is 9.78 Å². The topological polar surface area (TPSA) is 60.9 Å². The number of carbonyl (C=O) groups excluding carboxylic acids is 1. The van der Waals surface area contributed by atoms with E-state index in [-0.39, 0.29) is 11.6 Å². The summed E-state index contributed by atoms with van der Waals surface area (Å²) in [5, 5.41) is 5.17. The molecule has 0 saturated heterocycles. The second-order valence-electron chi connectivity index (χ2n) is 4.64. The summed E-state index contributed by atoms with van der Waals surface area (Å²) in [5.41, 5.74) is 7.49. The van der Waals surface area contributed by atoms with Crippen molar-refractivity contribution >= 4 is 34.8 Å². The van der Waals surface area contributed by atoms with Gasteiger partial charge in [0, 0.05) is 10.6 Å². The molecular weight excluding hydrogens is 321 g/mol. The van der Waals surface area contributed by atoms with Crippen molar-refractivity contribution in [3.8, 4) is 5.69 Å². The van der Waals surface area contributed by atoms with Crippen LogP contribution in [0.2, 0.25) is 10.0 Å². The molecule has 2 N–H and O–H groups in total. The third-order valence-electron chi connectivity index (χ3n) is 3.24. The van der Waals surface area contributed by atoms with Crippen LogP contribution in [0.5, 0.6) is 0 Å². The lowest BCUT2D eigenvalue weighted by atomic mass is 10.1. The molecule has 0 fully saturated rings. The van der Waals surface area contributed by atoms with Gasteiger partial charge < -0.3 is 5.73 Å². The molecule has 2 aromatic carbocycles. The number of ketones is 1. The van der Waals surface area contributed by atoms with Gasteiger partial charge in [0.2, 0.25) is 0 Å². The maximum Gasteiger partial charge on any atom is 0.199 e. The molecule has 0 radical (unpaired) electrons. The third-order valence-corrected chi connectivity index (χ3v) is 3.82. The monoisotopic (exact) mass is 331 g/mol. The van der Waals surface area contributed by atoms with E-state index >= 15 is 0 Å². The Kier molecular flexibility index (Phi) is 3.88. The van der Waals surface area contributed by atoms with E-state index in [1.54, 1.807) is 48.5 Å². The molecule has 0 unspecified atom stereocenters. The average Bonchev–Trinajstić information content (AvgIpc) is 2.90. The number of rotatable bonds is 3. The van der Waals surface area contributed by atoms with Crippen LogP contribution in [0.1, 0.15) is 15.9 Å². The van der Waals surface area contributed by atoms with Crippen LogP contribution in [-0.4, -0.2) is 15.6 Å². The molecule has 1 heterocycles. The average molecular weight is 332 g/mol. The first-order valence-electron chi connectivity index (χ1n) is 6.46. The fourth-order valence-electron chi connectivity index (χ4n) is 2.11. The number of carbonyl (C=O) groups is 1.